The number of rotatable bonds is 12. The molecule has 4 rings (SSSR count). The predicted molar refractivity (Wildman–Crippen MR) is 159 cm³/mol. The number of carboxylic acid groups (broad SMARTS) is 1. The third kappa shape index (κ3) is 8.53. The molecule has 0 aliphatic carbocycles. The van der Waals surface area contributed by atoms with E-state index in [0.29, 0.717) is 44.3 Å². The van der Waals surface area contributed by atoms with E-state index in [-0.39, 0.29) is 18.4 Å². The van der Waals surface area contributed by atoms with Crippen LogP contribution in [0.3, 0.4) is 0 Å². The zero-order chi connectivity index (χ0) is 28.7. The third-order valence-electron chi connectivity index (χ3n) is 6.67. The van der Waals surface area contributed by atoms with Gasteiger partial charge < -0.3 is 34.5 Å². The van der Waals surface area contributed by atoms with Crippen molar-refractivity contribution in [1.82, 2.24) is 20.2 Å². The number of ether oxygens (including phenoxy) is 3. The van der Waals surface area contributed by atoms with E-state index in [2.05, 4.69) is 51.2 Å². The lowest BCUT2D eigenvalue weighted by molar-refractivity contribution is -0.124. The molecule has 10 nitrogen and oxygen atoms in total. The lowest BCUT2D eigenvalue weighted by atomic mass is 10.0. The van der Waals surface area contributed by atoms with Crippen LogP contribution in [0.5, 0.6) is 11.5 Å². The van der Waals surface area contributed by atoms with Gasteiger partial charge in [-0.25, -0.2) is 9.78 Å². The van der Waals surface area contributed by atoms with Gasteiger partial charge in [-0.15, -0.1) is 0 Å². The third-order valence-corrected chi connectivity index (χ3v) is 8.98. The molecule has 3 aromatic rings. The number of carbonyl (C=O) groups is 2. The average Bonchev–Trinajstić information content (AvgIpc) is 3.23. The minimum Gasteiger partial charge on any atom is -0.465 e. The first-order valence-electron chi connectivity index (χ1n) is 13.4. The van der Waals surface area contributed by atoms with Crippen LogP contribution in [0.4, 0.5) is 4.79 Å². The van der Waals surface area contributed by atoms with E-state index < -0.39 is 20.2 Å². The van der Waals surface area contributed by atoms with Gasteiger partial charge >= 0.3 is 6.09 Å². The Morgan fingerprint density at radius 2 is 1.93 bits per heavy atom. The second kappa shape index (κ2) is 13.6. The maximum atomic E-state index is 12.8. The Balaban J connectivity index is 1.41. The molecule has 40 heavy (non-hydrogen) atoms. The van der Waals surface area contributed by atoms with E-state index in [1.807, 2.05) is 29.0 Å². The number of aromatic nitrogens is 2. The molecule has 1 saturated heterocycles. The highest BCUT2D eigenvalue weighted by atomic mass is 79.9. The molecule has 2 amide bonds. The molecule has 1 atom stereocenters. The first-order valence-corrected chi connectivity index (χ1v) is 17.9. The lowest BCUT2D eigenvalue weighted by Crippen LogP contribution is -2.51. The first kappa shape index (κ1) is 30.0. The van der Waals surface area contributed by atoms with E-state index in [9.17, 15) is 14.7 Å². The molecular formula is C28H37BrN4O6Si. The van der Waals surface area contributed by atoms with Crippen LogP contribution in [-0.4, -0.2) is 66.6 Å². The number of hydrogen-bond acceptors (Lipinski definition) is 6. The highest BCUT2D eigenvalue weighted by molar-refractivity contribution is 9.10. The summed E-state index contributed by atoms with van der Waals surface area (Å²) in [6, 6.07) is 9.26. The number of benzene rings is 1. The molecule has 1 aliphatic heterocycles. The number of nitrogens with zero attached hydrogens (tertiary/aromatic N) is 2. The summed E-state index contributed by atoms with van der Waals surface area (Å²) in [7, 11) is -1.16. The normalized spacial score (nSPS) is 15.1. The van der Waals surface area contributed by atoms with Crippen molar-refractivity contribution in [2.45, 2.75) is 63.8 Å². The minimum atomic E-state index is -1.24. The Hall–Kier alpha value is -2.93. The molecule has 216 valence electrons. The Labute approximate surface area is 243 Å². The molecule has 1 aliphatic rings. The van der Waals surface area contributed by atoms with Gasteiger partial charge in [0.1, 0.15) is 29.9 Å². The van der Waals surface area contributed by atoms with Gasteiger partial charge in [-0.2, -0.15) is 0 Å². The largest absolute Gasteiger partial charge is 0.465 e. The molecular weight excluding hydrogens is 596 g/mol. The fourth-order valence-corrected chi connectivity index (χ4v) is 5.80. The highest BCUT2D eigenvalue weighted by Gasteiger charge is 2.25. The van der Waals surface area contributed by atoms with Gasteiger partial charge in [-0.3, -0.25) is 4.79 Å². The van der Waals surface area contributed by atoms with Crippen molar-refractivity contribution >= 4 is 47.0 Å². The van der Waals surface area contributed by atoms with Crippen molar-refractivity contribution in [3.8, 4) is 11.5 Å². The molecule has 3 N–H and O–H groups in total. The summed E-state index contributed by atoms with van der Waals surface area (Å²) in [6.07, 6.45) is 4.05. The Kier molecular flexibility index (Phi) is 10.2. The minimum absolute atomic E-state index is 0.0155. The lowest BCUT2D eigenvalue weighted by Gasteiger charge is -2.25. The number of pyridine rings is 1. The van der Waals surface area contributed by atoms with Crippen molar-refractivity contribution in [1.29, 1.82) is 0 Å². The summed E-state index contributed by atoms with van der Waals surface area (Å²) in [4.78, 5) is 28.7. The number of amides is 2. The zero-order valence-corrected chi connectivity index (χ0v) is 25.7. The summed E-state index contributed by atoms with van der Waals surface area (Å²) in [5.74, 6) is 0.913. The highest BCUT2D eigenvalue weighted by Crippen LogP contribution is 2.35. The fraction of sp³-hybridized carbons (Fsp3) is 0.464. The number of nitrogens with one attached hydrogen (secondary N) is 2. The van der Waals surface area contributed by atoms with E-state index in [1.54, 1.807) is 18.3 Å². The predicted octanol–water partition coefficient (Wildman–Crippen LogP) is 5.38. The van der Waals surface area contributed by atoms with E-state index in [4.69, 9.17) is 14.2 Å². The van der Waals surface area contributed by atoms with Crippen LogP contribution in [0.1, 0.15) is 18.4 Å². The van der Waals surface area contributed by atoms with Crippen molar-refractivity contribution in [2.24, 2.45) is 0 Å². The summed E-state index contributed by atoms with van der Waals surface area (Å²) in [5, 5.41) is 15.4. The maximum Gasteiger partial charge on any atom is 0.405 e. The molecule has 1 aromatic carbocycles. The van der Waals surface area contributed by atoms with Gasteiger partial charge in [0.2, 0.25) is 5.91 Å². The van der Waals surface area contributed by atoms with Crippen LogP contribution in [-0.2, 0) is 27.4 Å². The van der Waals surface area contributed by atoms with Gasteiger partial charge in [-0.05, 0) is 58.6 Å². The maximum absolute atomic E-state index is 12.8. The molecule has 12 heteroatoms. The van der Waals surface area contributed by atoms with Gasteiger partial charge in [0.15, 0.2) is 0 Å². The average molecular weight is 634 g/mol. The Morgan fingerprint density at radius 1 is 1.20 bits per heavy atom. The van der Waals surface area contributed by atoms with E-state index >= 15 is 0 Å². The summed E-state index contributed by atoms with van der Waals surface area (Å²) < 4.78 is 20.3. The van der Waals surface area contributed by atoms with Crippen molar-refractivity contribution in [3.63, 3.8) is 0 Å². The quantitative estimate of drug-likeness (QED) is 0.181. The second-order valence-corrected chi connectivity index (χ2v) is 17.6. The Bertz CT molecular complexity index is 1300. The SMILES string of the molecule is C[Si](C)(C)CCOCn1cc(Br)c2c(Oc3ccc(C[C@H](NC(=O)O)C(=O)NC4CCOCC4)cc3)ccnc21. The van der Waals surface area contributed by atoms with Crippen molar-refractivity contribution in [2.75, 3.05) is 19.8 Å². The molecule has 0 spiro atoms. The van der Waals surface area contributed by atoms with Crippen molar-refractivity contribution in [3.05, 3.63) is 52.8 Å². The standard InChI is InChI=1S/C28H37BrN4O6Si/c1-40(2,3)15-14-38-18-33-17-22(29)25-24(8-11-30-26(25)33)39-21-6-4-19(5-7-21)16-23(32-28(35)36)27(34)31-20-9-12-37-13-10-20/h4-8,11,17,20,23,32H,9-10,12-16,18H2,1-3H3,(H,31,34)(H,35,36)/t23-/m0/s1. The fourth-order valence-electron chi connectivity index (χ4n) is 4.42. The smallest absolute Gasteiger partial charge is 0.405 e. The van der Waals surface area contributed by atoms with Gasteiger partial charge in [0, 0.05) is 57.2 Å². The molecule has 0 unspecified atom stereocenters. The number of carbonyl (C=O) groups excluding carboxylic acids is 1. The van der Waals surface area contributed by atoms with Crippen LogP contribution in [0, 0.1) is 0 Å². The molecule has 3 heterocycles. The van der Waals surface area contributed by atoms with Crippen LogP contribution >= 0.6 is 15.9 Å². The first-order chi connectivity index (χ1) is 19.1. The molecule has 0 saturated carbocycles. The van der Waals surface area contributed by atoms with Crippen molar-refractivity contribution < 1.29 is 28.9 Å². The summed E-state index contributed by atoms with van der Waals surface area (Å²) in [6.45, 7) is 9.27. The molecule has 0 bridgehead atoms. The summed E-state index contributed by atoms with van der Waals surface area (Å²) >= 11 is 3.64. The monoisotopic (exact) mass is 632 g/mol. The van der Waals surface area contributed by atoms with E-state index in [0.717, 1.165) is 33.7 Å². The topological polar surface area (TPSA) is 124 Å². The van der Waals surface area contributed by atoms with Gasteiger partial charge in [0.05, 0.1) is 5.39 Å². The van der Waals surface area contributed by atoms with Gasteiger partial charge in [0.25, 0.3) is 0 Å². The number of halogens is 1. The second-order valence-electron chi connectivity index (χ2n) is 11.1. The number of fused-ring (bicyclic) bond motifs is 1. The molecule has 0 radical (unpaired) electrons. The van der Waals surface area contributed by atoms with Crippen LogP contribution < -0.4 is 15.4 Å². The Morgan fingerprint density at radius 3 is 2.60 bits per heavy atom. The van der Waals surface area contributed by atoms with Gasteiger partial charge in [-0.1, -0.05) is 31.8 Å². The van der Waals surface area contributed by atoms with Crippen LogP contribution in [0.25, 0.3) is 11.0 Å². The van der Waals surface area contributed by atoms with Crippen LogP contribution in [0.2, 0.25) is 25.7 Å². The summed E-state index contributed by atoms with van der Waals surface area (Å²) in [5.41, 5.74) is 1.56. The van der Waals surface area contributed by atoms with Crippen LogP contribution in [0.15, 0.2) is 47.2 Å². The number of hydrogen-bond donors (Lipinski definition) is 3. The molecule has 1 fully saturated rings. The van der Waals surface area contributed by atoms with E-state index in [1.165, 1.54) is 0 Å². The zero-order valence-electron chi connectivity index (χ0n) is 23.1. The molecule has 2 aromatic heterocycles.